The average Bonchev–Trinajstić information content (AvgIpc) is 2.65. The Morgan fingerprint density at radius 1 is 1.62 bits per heavy atom. The van der Waals surface area contributed by atoms with Crippen molar-refractivity contribution < 1.29 is 5.11 Å². The summed E-state index contributed by atoms with van der Waals surface area (Å²) in [5.41, 5.74) is 0. The Labute approximate surface area is 101 Å². The van der Waals surface area contributed by atoms with Crippen molar-refractivity contribution in [1.82, 2.24) is 9.88 Å². The molecule has 0 saturated carbocycles. The molecule has 0 amide bonds. The first kappa shape index (κ1) is 12.0. The lowest BCUT2D eigenvalue weighted by molar-refractivity contribution is 0.143. The minimum atomic E-state index is 0.332. The van der Waals surface area contributed by atoms with Gasteiger partial charge in [-0.3, -0.25) is 4.90 Å². The van der Waals surface area contributed by atoms with E-state index in [1.165, 1.54) is 24.3 Å². The van der Waals surface area contributed by atoms with Crippen LogP contribution in [0.5, 0.6) is 0 Å². The molecule has 2 rings (SSSR count). The maximum Gasteiger partial charge on any atom is 0.0897 e. The lowest BCUT2D eigenvalue weighted by Gasteiger charge is -2.32. The number of likely N-dealkylation sites (tertiary alicyclic amines) is 1. The maximum absolute atomic E-state index is 8.97. The van der Waals surface area contributed by atoms with Gasteiger partial charge in [0.1, 0.15) is 0 Å². The van der Waals surface area contributed by atoms with Gasteiger partial charge >= 0.3 is 0 Å². The van der Waals surface area contributed by atoms with Crippen LogP contribution in [0.15, 0.2) is 6.20 Å². The van der Waals surface area contributed by atoms with Gasteiger partial charge in [-0.2, -0.15) is 0 Å². The van der Waals surface area contributed by atoms with Gasteiger partial charge in [0.15, 0.2) is 0 Å². The highest BCUT2D eigenvalue weighted by Gasteiger charge is 2.19. The highest BCUT2D eigenvalue weighted by Crippen LogP contribution is 2.22. The van der Waals surface area contributed by atoms with Crippen molar-refractivity contribution in [3.63, 3.8) is 0 Å². The zero-order chi connectivity index (χ0) is 11.4. The topological polar surface area (TPSA) is 36.4 Å². The van der Waals surface area contributed by atoms with Gasteiger partial charge in [-0.1, -0.05) is 0 Å². The molecule has 4 heteroatoms. The summed E-state index contributed by atoms with van der Waals surface area (Å²) in [7, 11) is 0. The number of aryl methyl sites for hydroxylation is 1. The van der Waals surface area contributed by atoms with Gasteiger partial charge in [0.25, 0.3) is 0 Å². The van der Waals surface area contributed by atoms with Gasteiger partial charge in [0, 0.05) is 30.8 Å². The lowest BCUT2D eigenvalue weighted by atomic mass is 9.95. The van der Waals surface area contributed by atoms with Crippen LogP contribution in [-0.2, 0) is 6.54 Å². The normalized spacial score (nSPS) is 22.5. The van der Waals surface area contributed by atoms with Crippen LogP contribution in [0.3, 0.4) is 0 Å². The Kier molecular flexibility index (Phi) is 4.32. The first-order valence-electron chi connectivity index (χ1n) is 6.02. The second-order valence-corrected chi connectivity index (χ2v) is 5.92. The summed E-state index contributed by atoms with van der Waals surface area (Å²) in [4.78, 5) is 8.15. The highest BCUT2D eigenvalue weighted by atomic mass is 32.1. The Hall–Kier alpha value is -0.450. The zero-order valence-electron chi connectivity index (χ0n) is 9.85. The van der Waals surface area contributed by atoms with E-state index in [0.717, 1.165) is 24.5 Å². The van der Waals surface area contributed by atoms with Crippen LogP contribution in [-0.4, -0.2) is 34.7 Å². The number of hydrogen-bond acceptors (Lipinski definition) is 4. The first-order chi connectivity index (χ1) is 7.78. The molecule has 1 atom stereocenters. The van der Waals surface area contributed by atoms with Gasteiger partial charge < -0.3 is 5.11 Å². The van der Waals surface area contributed by atoms with E-state index in [9.17, 15) is 0 Å². The van der Waals surface area contributed by atoms with Gasteiger partial charge in [0.2, 0.25) is 0 Å². The molecule has 1 aliphatic heterocycles. The molecule has 3 nitrogen and oxygen atoms in total. The molecule has 1 N–H and O–H groups in total. The summed E-state index contributed by atoms with van der Waals surface area (Å²) in [6.45, 7) is 5.75. The first-order valence-corrected chi connectivity index (χ1v) is 6.84. The SMILES string of the molecule is Cc1ncc(CN2CCCC(CCO)C2)s1. The molecule has 16 heavy (non-hydrogen) atoms. The predicted molar refractivity (Wildman–Crippen MR) is 66.6 cm³/mol. The molecule has 1 aliphatic rings. The smallest absolute Gasteiger partial charge is 0.0897 e. The van der Waals surface area contributed by atoms with Crippen molar-refractivity contribution in [2.24, 2.45) is 5.92 Å². The number of nitrogens with zero attached hydrogens (tertiary/aromatic N) is 2. The molecule has 1 unspecified atom stereocenters. The highest BCUT2D eigenvalue weighted by molar-refractivity contribution is 7.11. The molecule has 90 valence electrons. The van der Waals surface area contributed by atoms with Crippen LogP contribution >= 0.6 is 11.3 Å². The quantitative estimate of drug-likeness (QED) is 0.875. The summed E-state index contributed by atoms with van der Waals surface area (Å²) in [5, 5.41) is 10.1. The van der Waals surface area contributed by atoms with Crippen molar-refractivity contribution >= 4 is 11.3 Å². The zero-order valence-corrected chi connectivity index (χ0v) is 10.7. The monoisotopic (exact) mass is 240 g/mol. The van der Waals surface area contributed by atoms with Gasteiger partial charge in [-0.15, -0.1) is 11.3 Å². The van der Waals surface area contributed by atoms with E-state index in [1.54, 1.807) is 11.3 Å². The number of aliphatic hydroxyl groups excluding tert-OH is 1. The lowest BCUT2D eigenvalue weighted by Crippen LogP contribution is -2.35. The van der Waals surface area contributed by atoms with E-state index in [1.807, 2.05) is 6.20 Å². The summed E-state index contributed by atoms with van der Waals surface area (Å²) in [5.74, 6) is 0.688. The minimum Gasteiger partial charge on any atom is -0.396 e. The number of aliphatic hydroxyl groups is 1. The molecule has 0 aliphatic carbocycles. The Morgan fingerprint density at radius 2 is 2.50 bits per heavy atom. The maximum atomic E-state index is 8.97. The van der Waals surface area contributed by atoms with E-state index in [4.69, 9.17) is 5.11 Å². The van der Waals surface area contributed by atoms with Crippen molar-refractivity contribution in [1.29, 1.82) is 0 Å². The average molecular weight is 240 g/mol. The fourth-order valence-corrected chi connectivity index (χ4v) is 3.25. The van der Waals surface area contributed by atoms with E-state index in [0.29, 0.717) is 12.5 Å². The van der Waals surface area contributed by atoms with E-state index < -0.39 is 0 Å². The summed E-state index contributed by atoms with van der Waals surface area (Å²) in [6, 6.07) is 0. The molecular formula is C12H20N2OS. The van der Waals surface area contributed by atoms with Crippen LogP contribution in [0.2, 0.25) is 0 Å². The summed E-state index contributed by atoms with van der Waals surface area (Å²) in [6.07, 6.45) is 5.50. The Bertz CT molecular complexity index is 325. The minimum absolute atomic E-state index is 0.332. The van der Waals surface area contributed by atoms with Crippen molar-refractivity contribution in [2.75, 3.05) is 19.7 Å². The fraction of sp³-hybridized carbons (Fsp3) is 0.750. The van der Waals surface area contributed by atoms with Crippen LogP contribution in [0.4, 0.5) is 0 Å². The van der Waals surface area contributed by atoms with Crippen LogP contribution in [0, 0.1) is 12.8 Å². The predicted octanol–water partition coefficient (Wildman–Crippen LogP) is 2.05. The molecular weight excluding hydrogens is 220 g/mol. The van der Waals surface area contributed by atoms with Crippen molar-refractivity contribution in [2.45, 2.75) is 32.7 Å². The van der Waals surface area contributed by atoms with Gasteiger partial charge in [-0.05, 0) is 38.6 Å². The number of hydrogen-bond donors (Lipinski definition) is 1. The van der Waals surface area contributed by atoms with Gasteiger partial charge in [-0.25, -0.2) is 4.98 Å². The second-order valence-electron chi connectivity index (χ2n) is 4.60. The van der Waals surface area contributed by atoms with E-state index in [2.05, 4.69) is 16.8 Å². The third kappa shape index (κ3) is 3.27. The second kappa shape index (κ2) is 5.75. The number of piperidine rings is 1. The van der Waals surface area contributed by atoms with Crippen LogP contribution in [0.1, 0.15) is 29.1 Å². The molecule has 0 aromatic carbocycles. The summed E-state index contributed by atoms with van der Waals surface area (Å²) < 4.78 is 0. The molecule has 1 saturated heterocycles. The summed E-state index contributed by atoms with van der Waals surface area (Å²) >= 11 is 1.79. The standard InChI is InChI=1S/C12H20N2OS/c1-10-13-7-12(16-10)9-14-5-2-3-11(8-14)4-6-15/h7,11,15H,2-6,8-9H2,1H3. The van der Waals surface area contributed by atoms with E-state index >= 15 is 0 Å². The number of thiazole rings is 1. The molecule has 1 aromatic heterocycles. The molecule has 1 aromatic rings. The Balaban J connectivity index is 1.85. The van der Waals surface area contributed by atoms with Gasteiger partial charge in [0.05, 0.1) is 5.01 Å². The molecule has 1 fully saturated rings. The molecule has 2 heterocycles. The van der Waals surface area contributed by atoms with Crippen LogP contribution in [0.25, 0.3) is 0 Å². The number of aromatic nitrogens is 1. The molecule has 0 spiro atoms. The third-order valence-electron chi connectivity index (χ3n) is 3.19. The van der Waals surface area contributed by atoms with Crippen molar-refractivity contribution in [3.8, 4) is 0 Å². The van der Waals surface area contributed by atoms with Crippen molar-refractivity contribution in [3.05, 3.63) is 16.1 Å². The fourth-order valence-electron chi connectivity index (χ4n) is 2.41. The van der Waals surface area contributed by atoms with E-state index in [-0.39, 0.29) is 0 Å². The molecule has 0 bridgehead atoms. The molecule has 0 radical (unpaired) electrons. The largest absolute Gasteiger partial charge is 0.396 e. The van der Waals surface area contributed by atoms with Crippen LogP contribution < -0.4 is 0 Å². The number of rotatable bonds is 4. The third-order valence-corrected chi connectivity index (χ3v) is 4.09. The Morgan fingerprint density at radius 3 is 3.19 bits per heavy atom.